The first-order valence-electron chi connectivity index (χ1n) is 15.6. The van der Waals surface area contributed by atoms with E-state index >= 15 is 0 Å². The Kier molecular flexibility index (Phi) is 9.01. The van der Waals surface area contributed by atoms with E-state index in [-0.39, 0.29) is 17.4 Å². The molecule has 12 nitrogen and oxygen atoms in total. The summed E-state index contributed by atoms with van der Waals surface area (Å²) in [5, 5.41) is 20.6. The van der Waals surface area contributed by atoms with E-state index < -0.39 is 10.0 Å². The summed E-state index contributed by atoms with van der Waals surface area (Å²) in [6, 6.07) is 8.09. The Labute approximate surface area is 272 Å². The zero-order valence-corrected chi connectivity index (χ0v) is 26.9. The minimum Gasteiger partial charge on any atom is -0.393 e. The number of pyridine rings is 1. The molecule has 46 heavy (non-hydrogen) atoms. The van der Waals surface area contributed by atoms with Crippen LogP contribution in [0.2, 0.25) is 0 Å². The van der Waals surface area contributed by atoms with Gasteiger partial charge in [0.25, 0.3) is 10.0 Å². The molecule has 4 aromatic heterocycles. The second kappa shape index (κ2) is 13.5. The molecule has 5 heterocycles. The monoisotopic (exact) mass is 660 g/mol. The summed E-state index contributed by atoms with van der Waals surface area (Å²) < 4.78 is 31.6. The molecule has 0 aromatic carbocycles. The van der Waals surface area contributed by atoms with E-state index in [1.807, 2.05) is 6.07 Å². The normalized spacial score (nSPS) is 20.5. The average Bonchev–Trinajstić information content (AvgIpc) is 3.65. The molecule has 0 unspecified atom stereocenters. The molecule has 7 rings (SSSR count). The maximum atomic E-state index is 12.6. The quantitative estimate of drug-likeness (QED) is 0.225. The topological polar surface area (TPSA) is 147 Å². The predicted molar refractivity (Wildman–Crippen MR) is 176 cm³/mol. The Balaban J connectivity index is 1.10. The lowest BCUT2D eigenvalue weighted by molar-refractivity contribution is 0.0346. The Morgan fingerprint density at radius 2 is 1.83 bits per heavy atom. The molecule has 2 saturated carbocycles. The minimum atomic E-state index is -3.48. The number of nitrogens with one attached hydrogen (secondary N) is 2. The molecule has 1 aliphatic heterocycles. The lowest BCUT2D eigenvalue weighted by atomic mass is 9.93. The fourth-order valence-corrected chi connectivity index (χ4v) is 7.98. The van der Waals surface area contributed by atoms with Crippen LogP contribution in [0.25, 0.3) is 11.4 Å². The second-order valence-electron chi connectivity index (χ2n) is 11.9. The third-order valence-corrected chi connectivity index (χ3v) is 11.4. The molecule has 3 aliphatic rings. The van der Waals surface area contributed by atoms with Crippen LogP contribution in [0.15, 0.2) is 49.1 Å². The van der Waals surface area contributed by atoms with Crippen LogP contribution in [0.1, 0.15) is 53.8 Å². The van der Waals surface area contributed by atoms with Crippen LogP contribution in [-0.2, 0) is 21.3 Å². The molecule has 1 saturated heterocycles. The number of aromatic nitrogens is 5. The third kappa shape index (κ3) is 7.40. The molecule has 240 valence electrons. The van der Waals surface area contributed by atoms with E-state index in [2.05, 4.69) is 59.6 Å². The van der Waals surface area contributed by atoms with E-state index in [9.17, 15) is 13.5 Å². The smallest absolute Gasteiger partial charge is 0.256 e. The van der Waals surface area contributed by atoms with Crippen molar-refractivity contribution in [1.82, 2.24) is 29.0 Å². The molecular formula is C32H36N8O4S2. The van der Waals surface area contributed by atoms with Crippen molar-refractivity contribution in [3.63, 3.8) is 0 Å². The van der Waals surface area contributed by atoms with Gasteiger partial charge in [-0.15, -0.1) is 11.3 Å². The van der Waals surface area contributed by atoms with Gasteiger partial charge in [-0.05, 0) is 56.7 Å². The molecule has 0 bridgehead atoms. The zero-order chi connectivity index (χ0) is 31.5. The number of ether oxygens (including phenoxy) is 1. The summed E-state index contributed by atoms with van der Waals surface area (Å²) in [7, 11) is -3.48. The molecule has 14 heteroatoms. The van der Waals surface area contributed by atoms with E-state index in [1.165, 1.54) is 17.3 Å². The number of morpholine rings is 1. The molecule has 0 atom stereocenters. The van der Waals surface area contributed by atoms with Gasteiger partial charge in [0.2, 0.25) is 0 Å². The highest BCUT2D eigenvalue weighted by Gasteiger charge is 2.37. The summed E-state index contributed by atoms with van der Waals surface area (Å²) in [5.74, 6) is 8.10. The molecule has 0 amide bonds. The Bertz CT molecular complexity index is 1850. The third-order valence-electron chi connectivity index (χ3n) is 8.36. The van der Waals surface area contributed by atoms with Gasteiger partial charge in [0.05, 0.1) is 58.7 Å². The summed E-state index contributed by atoms with van der Waals surface area (Å²) in [6.07, 6.45) is 10.6. The first-order valence-corrected chi connectivity index (χ1v) is 18.0. The van der Waals surface area contributed by atoms with Crippen LogP contribution in [-0.4, -0.2) is 86.3 Å². The van der Waals surface area contributed by atoms with Crippen LogP contribution in [0.4, 0.5) is 17.3 Å². The lowest BCUT2D eigenvalue weighted by Crippen LogP contribution is -2.35. The van der Waals surface area contributed by atoms with Crippen LogP contribution in [0, 0.1) is 11.8 Å². The molecule has 4 aromatic rings. The highest BCUT2D eigenvalue weighted by atomic mass is 32.2. The largest absolute Gasteiger partial charge is 0.393 e. The van der Waals surface area contributed by atoms with Crippen molar-refractivity contribution < 1.29 is 18.3 Å². The Hall–Kier alpha value is -3.87. The van der Waals surface area contributed by atoms with Crippen LogP contribution >= 0.6 is 11.3 Å². The number of rotatable bonds is 9. The number of hydrogen-bond donors (Lipinski definition) is 3. The highest BCUT2D eigenvalue weighted by Crippen LogP contribution is 2.31. The number of aliphatic hydroxyl groups excluding tert-OH is 1. The SMILES string of the molecule is O=S(=O)(C1CC1)n1cc(-c2nccc(Nc3cc(NC4CCC(O)CC4)c(C#Cc4ccc(CN5CCOCC5)s4)cn3)n2)cn1. The second-order valence-corrected chi connectivity index (χ2v) is 15.1. The van der Waals surface area contributed by atoms with Crippen molar-refractivity contribution >= 4 is 38.7 Å². The first kappa shape index (κ1) is 30.8. The average molecular weight is 661 g/mol. The molecular weight excluding hydrogens is 625 g/mol. The van der Waals surface area contributed by atoms with Crippen LogP contribution in [0.5, 0.6) is 0 Å². The van der Waals surface area contributed by atoms with E-state index in [4.69, 9.17) is 4.74 Å². The molecule has 2 aliphatic carbocycles. The lowest BCUT2D eigenvalue weighted by Gasteiger charge is -2.27. The van der Waals surface area contributed by atoms with Crippen molar-refractivity contribution in [2.75, 3.05) is 36.9 Å². The molecule has 0 spiro atoms. The van der Waals surface area contributed by atoms with Gasteiger partial charge in [-0.25, -0.2) is 23.4 Å². The number of thiophene rings is 1. The standard InChI is InChI=1S/C32H36N8O4S2/c41-25-4-2-24(3-5-25)36-29-17-31(34-18-22(29)1-6-26-7-8-27(45-26)21-39-13-15-44-16-14-39)37-30-11-12-33-32(38-30)23-19-35-40(20-23)46(42,43)28-9-10-28/h7-8,11-12,17-20,24-25,28,41H,2-5,9-10,13-16,21H2,(H2,33,34,36,37,38). The minimum absolute atomic E-state index is 0.218. The van der Waals surface area contributed by atoms with Gasteiger partial charge in [-0.2, -0.15) is 9.19 Å². The predicted octanol–water partition coefficient (Wildman–Crippen LogP) is 3.83. The van der Waals surface area contributed by atoms with E-state index in [0.29, 0.717) is 35.9 Å². The summed E-state index contributed by atoms with van der Waals surface area (Å²) >= 11 is 1.71. The van der Waals surface area contributed by atoms with Crippen LogP contribution < -0.4 is 10.6 Å². The van der Waals surface area contributed by atoms with Crippen molar-refractivity contribution in [1.29, 1.82) is 0 Å². The van der Waals surface area contributed by atoms with E-state index in [0.717, 1.165) is 78.7 Å². The van der Waals surface area contributed by atoms with Gasteiger partial charge in [-0.1, -0.05) is 11.8 Å². The van der Waals surface area contributed by atoms with E-state index in [1.54, 1.807) is 29.8 Å². The van der Waals surface area contributed by atoms with Crippen LogP contribution in [0.3, 0.4) is 0 Å². The summed E-state index contributed by atoms with van der Waals surface area (Å²) in [4.78, 5) is 18.2. The molecule has 3 N–H and O–H groups in total. The van der Waals surface area contributed by atoms with Gasteiger partial charge < -0.3 is 20.5 Å². The highest BCUT2D eigenvalue weighted by molar-refractivity contribution is 7.90. The van der Waals surface area contributed by atoms with Gasteiger partial charge in [0.1, 0.15) is 11.6 Å². The fourth-order valence-electron chi connectivity index (χ4n) is 5.60. The van der Waals surface area contributed by atoms with Gasteiger partial charge in [0, 0.05) is 49.0 Å². The molecule has 0 radical (unpaired) electrons. The molecule has 3 fully saturated rings. The van der Waals surface area contributed by atoms with Gasteiger partial charge in [0.15, 0.2) is 5.82 Å². The van der Waals surface area contributed by atoms with Crippen molar-refractivity contribution in [2.24, 2.45) is 0 Å². The van der Waals surface area contributed by atoms with Crippen molar-refractivity contribution in [2.45, 2.75) is 62.5 Å². The number of aliphatic hydroxyl groups is 1. The van der Waals surface area contributed by atoms with Crippen molar-refractivity contribution in [3.8, 4) is 23.2 Å². The zero-order valence-electron chi connectivity index (χ0n) is 25.3. The summed E-state index contributed by atoms with van der Waals surface area (Å²) in [5.41, 5.74) is 2.15. The van der Waals surface area contributed by atoms with Gasteiger partial charge >= 0.3 is 0 Å². The van der Waals surface area contributed by atoms with Gasteiger partial charge in [-0.3, -0.25) is 4.90 Å². The Morgan fingerprint density at radius 1 is 1.00 bits per heavy atom. The Morgan fingerprint density at radius 3 is 2.63 bits per heavy atom. The van der Waals surface area contributed by atoms with Crippen molar-refractivity contribution in [3.05, 3.63) is 64.4 Å². The number of anilines is 3. The number of hydrogen-bond acceptors (Lipinski definition) is 12. The first-order chi connectivity index (χ1) is 22.4. The maximum absolute atomic E-state index is 12.6. The maximum Gasteiger partial charge on any atom is 0.256 e. The fraction of sp³-hybridized carbons (Fsp3) is 0.438. The number of nitrogens with zero attached hydrogens (tertiary/aromatic N) is 6. The summed E-state index contributed by atoms with van der Waals surface area (Å²) in [6.45, 7) is 4.36.